The Hall–Kier alpha value is -2.37. The zero-order chi connectivity index (χ0) is 17.7. The van der Waals surface area contributed by atoms with Crippen LogP contribution in [0.25, 0.3) is 0 Å². The first-order valence-electron chi connectivity index (χ1n) is 8.23. The van der Waals surface area contributed by atoms with Crippen molar-refractivity contribution in [2.75, 3.05) is 18.6 Å². The van der Waals surface area contributed by atoms with Crippen LogP contribution < -0.4 is 10.2 Å². The average Bonchev–Trinajstić information content (AvgIpc) is 2.59. The molecule has 6 nitrogen and oxygen atoms in total. The molecule has 0 saturated carbocycles. The van der Waals surface area contributed by atoms with E-state index in [-0.39, 0.29) is 17.7 Å². The first kappa shape index (κ1) is 18.0. The summed E-state index contributed by atoms with van der Waals surface area (Å²) in [6.07, 6.45) is 2.49. The monoisotopic (exact) mass is 332 g/mol. The van der Waals surface area contributed by atoms with Crippen molar-refractivity contribution < 1.29 is 19.1 Å². The fourth-order valence-corrected chi connectivity index (χ4v) is 2.72. The molecule has 0 aromatic heterocycles. The molecule has 2 amide bonds. The minimum Gasteiger partial charge on any atom is -0.467 e. The van der Waals surface area contributed by atoms with Gasteiger partial charge < -0.3 is 15.0 Å². The second-order valence-electron chi connectivity index (χ2n) is 6.27. The number of methoxy groups -OCH3 is 1. The summed E-state index contributed by atoms with van der Waals surface area (Å²) in [6.45, 7) is 4.39. The van der Waals surface area contributed by atoms with Gasteiger partial charge in [0.15, 0.2) is 0 Å². The van der Waals surface area contributed by atoms with E-state index in [1.54, 1.807) is 29.2 Å². The van der Waals surface area contributed by atoms with Crippen molar-refractivity contribution in [3.8, 4) is 0 Å². The summed E-state index contributed by atoms with van der Waals surface area (Å²) in [5.41, 5.74) is 1.24. The van der Waals surface area contributed by atoms with Crippen LogP contribution in [0.2, 0.25) is 0 Å². The number of carbonyl (C=O) groups excluding carboxylic acids is 3. The summed E-state index contributed by atoms with van der Waals surface area (Å²) < 4.78 is 4.72. The maximum absolute atomic E-state index is 12.3. The van der Waals surface area contributed by atoms with Gasteiger partial charge in [0, 0.05) is 24.2 Å². The van der Waals surface area contributed by atoms with Crippen molar-refractivity contribution in [3.63, 3.8) is 0 Å². The first-order valence-corrected chi connectivity index (χ1v) is 8.23. The number of hydrogen-bond donors (Lipinski definition) is 1. The molecule has 1 heterocycles. The highest BCUT2D eigenvalue weighted by atomic mass is 16.5. The van der Waals surface area contributed by atoms with E-state index in [9.17, 15) is 14.4 Å². The van der Waals surface area contributed by atoms with Crippen molar-refractivity contribution >= 4 is 23.5 Å². The number of carbonyl (C=O) groups is 3. The van der Waals surface area contributed by atoms with Crippen molar-refractivity contribution in [2.24, 2.45) is 5.92 Å². The Kier molecular flexibility index (Phi) is 5.95. The first-order chi connectivity index (χ1) is 11.4. The number of amides is 2. The summed E-state index contributed by atoms with van der Waals surface area (Å²) in [7, 11) is 1.30. The van der Waals surface area contributed by atoms with Gasteiger partial charge in [-0.2, -0.15) is 0 Å². The predicted molar refractivity (Wildman–Crippen MR) is 90.8 cm³/mol. The molecule has 0 radical (unpaired) electrons. The van der Waals surface area contributed by atoms with Crippen LogP contribution in [0.5, 0.6) is 0 Å². The van der Waals surface area contributed by atoms with Crippen LogP contribution in [0, 0.1) is 5.92 Å². The molecule has 0 spiro atoms. The van der Waals surface area contributed by atoms with Crippen LogP contribution >= 0.6 is 0 Å². The van der Waals surface area contributed by atoms with Gasteiger partial charge >= 0.3 is 5.97 Å². The maximum Gasteiger partial charge on any atom is 0.328 e. The number of hydrogen-bond acceptors (Lipinski definition) is 4. The lowest BCUT2D eigenvalue weighted by molar-refractivity contribution is -0.144. The van der Waals surface area contributed by atoms with Gasteiger partial charge in [-0.1, -0.05) is 13.8 Å². The smallest absolute Gasteiger partial charge is 0.328 e. The lowest BCUT2D eigenvalue weighted by Crippen LogP contribution is -2.45. The normalized spacial score (nSPS) is 16.0. The second kappa shape index (κ2) is 7.95. The molecular formula is C18H24N2O4. The Balaban J connectivity index is 2.08. The van der Waals surface area contributed by atoms with Crippen LogP contribution in [0.15, 0.2) is 24.3 Å². The van der Waals surface area contributed by atoms with Crippen molar-refractivity contribution in [1.29, 1.82) is 0 Å². The Morgan fingerprint density at radius 1 is 1.17 bits per heavy atom. The zero-order valence-corrected chi connectivity index (χ0v) is 14.4. The third-order valence-corrected chi connectivity index (χ3v) is 4.17. The third kappa shape index (κ3) is 4.13. The molecule has 1 atom stereocenters. The molecule has 1 fully saturated rings. The van der Waals surface area contributed by atoms with Gasteiger partial charge in [0.25, 0.3) is 5.91 Å². The highest BCUT2D eigenvalue weighted by Crippen LogP contribution is 2.21. The van der Waals surface area contributed by atoms with Crippen molar-refractivity contribution in [2.45, 2.75) is 39.2 Å². The van der Waals surface area contributed by atoms with Gasteiger partial charge in [0.2, 0.25) is 5.91 Å². The molecule has 1 N–H and O–H groups in total. The average molecular weight is 332 g/mol. The molecule has 1 saturated heterocycles. The zero-order valence-electron chi connectivity index (χ0n) is 14.4. The van der Waals surface area contributed by atoms with E-state index in [1.807, 2.05) is 13.8 Å². The van der Waals surface area contributed by atoms with Gasteiger partial charge in [0.1, 0.15) is 6.04 Å². The number of benzene rings is 1. The van der Waals surface area contributed by atoms with Gasteiger partial charge in [0.05, 0.1) is 7.11 Å². The highest BCUT2D eigenvalue weighted by molar-refractivity contribution is 5.98. The number of nitrogens with one attached hydrogen (secondary N) is 1. The summed E-state index contributed by atoms with van der Waals surface area (Å²) in [4.78, 5) is 37.8. The van der Waals surface area contributed by atoms with Crippen LogP contribution in [0.1, 0.15) is 43.5 Å². The molecule has 0 aliphatic carbocycles. The molecule has 1 aliphatic heterocycles. The Bertz CT molecular complexity index is 610. The van der Waals surface area contributed by atoms with E-state index >= 15 is 0 Å². The largest absolute Gasteiger partial charge is 0.467 e. The number of rotatable bonds is 5. The van der Waals surface area contributed by atoms with Gasteiger partial charge in [-0.25, -0.2) is 4.79 Å². The highest BCUT2D eigenvalue weighted by Gasteiger charge is 2.25. The standard InChI is InChI=1S/C18H24N2O4/c1-12(2)16(18(23)24-3)19-17(22)13-7-9-14(10-8-13)20-11-5-4-6-15(20)21/h7-10,12,16H,4-6,11H2,1-3H3,(H,19,22)/t16-/m0/s1. The van der Waals surface area contributed by atoms with Crippen LogP contribution in [-0.2, 0) is 14.3 Å². The minimum atomic E-state index is -0.689. The molecule has 24 heavy (non-hydrogen) atoms. The third-order valence-electron chi connectivity index (χ3n) is 4.17. The van der Waals surface area contributed by atoms with E-state index < -0.39 is 12.0 Å². The number of esters is 1. The molecule has 1 aromatic rings. The Morgan fingerprint density at radius 3 is 2.38 bits per heavy atom. The fraction of sp³-hybridized carbons (Fsp3) is 0.500. The maximum atomic E-state index is 12.3. The SMILES string of the molecule is COC(=O)[C@@H](NC(=O)c1ccc(N2CCCCC2=O)cc1)C(C)C. The minimum absolute atomic E-state index is 0.0772. The van der Waals surface area contributed by atoms with Crippen molar-refractivity contribution in [3.05, 3.63) is 29.8 Å². The molecule has 1 aromatic carbocycles. The summed E-state index contributed by atoms with van der Waals surface area (Å²) >= 11 is 0. The van der Waals surface area contributed by atoms with Crippen LogP contribution in [0.3, 0.4) is 0 Å². The lowest BCUT2D eigenvalue weighted by Gasteiger charge is -2.27. The molecule has 0 unspecified atom stereocenters. The molecule has 0 bridgehead atoms. The Labute approximate surface area is 142 Å². The fourth-order valence-electron chi connectivity index (χ4n) is 2.72. The van der Waals surface area contributed by atoms with Gasteiger partial charge in [-0.3, -0.25) is 9.59 Å². The summed E-state index contributed by atoms with van der Waals surface area (Å²) in [5, 5.41) is 2.70. The van der Waals surface area contributed by atoms with E-state index in [0.717, 1.165) is 18.5 Å². The van der Waals surface area contributed by atoms with E-state index in [0.29, 0.717) is 18.5 Å². The van der Waals surface area contributed by atoms with Crippen LogP contribution in [-0.4, -0.2) is 37.5 Å². The predicted octanol–water partition coefficient (Wildman–Crippen LogP) is 2.13. The van der Waals surface area contributed by atoms with Gasteiger partial charge in [-0.05, 0) is 43.0 Å². The molecular weight excluding hydrogens is 308 g/mol. The van der Waals surface area contributed by atoms with Gasteiger partial charge in [-0.15, -0.1) is 0 Å². The molecule has 1 aliphatic rings. The van der Waals surface area contributed by atoms with Crippen LogP contribution in [0.4, 0.5) is 5.69 Å². The number of anilines is 1. The molecule has 130 valence electrons. The van der Waals surface area contributed by atoms with E-state index in [2.05, 4.69) is 5.32 Å². The lowest BCUT2D eigenvalue weighted by atomic mass is 10.0. The molecule has 2 rings (SSSR count). The van der Waals surface area contributed by atoms with E-state index in [4.69, 9.17) is 4.74 Å². The van der Waals surface area contributed by atoms with E-state index in [1.165, 1.54) is 7.11 Å². The molecule has 6 heteroatoms. The quantitative estimate of drug-likeness (QED) is 0.838. The number of nitrogens with zero attached hydrogens (tertiary/aromatic N) is 1. The number of ether oxygens (including phenoxy) is 1. The summed E-state index contributed by atoms with van der Waals surface area (Å²) in [5.74, 6) is -0.764. The Morgan fingerprint density at radius 2 is 1.83 bits per heavy atom. The topological polar surface area (TPSA) is 75.7 Å². The number of piperidine rings is 1. The summed E-state index contributed by atoms with van der Waals surface area (Å²) in [6, 6.07) is 6.18. The van der Waals surface area contributed by atoms with Crippen molar-refractivity contribution in [1.82, 2.24) is 5.32 Å². The second-order valence-corrected chi connectivity index (χ2v) is 6.27.